The molecule has 0 aliphatic heterocycles. The van der Waals surface area contributed by atoms with E-state index in [1.807, 2.05) is 24.3 Å². The Morgan fingerprint density at radius 3 is 1.04 bits per heavy atom. The van der Waals surface area contributed by atoms with E-state index >= 15 is 0 Å². The number of carbonyl (C=O) groups is 2. The summed E-state index contributed by atoms with van der Waals surface area (Å²) in [6.45, 7) is 14.1. The predicted molar refractivity (Wildman–Crippen MR) is 210 cm³/mol. The molecule has 0 unspecified atom stereocenters. The van der Waals surface area contributed by atoms with Crippen molar-refractivity contribution >= 4 is 11.9 Å². The molecule has 0 N–H and O–H groups in total. The lowest BCUT2D eigenvalue weighted by Gasteiger charge is -2.21. The van der Waals surface area contributed by atoms with E-state index in [1.54, 1.807) is 0 Å². The Morgan fingerprint density at radius 2 is 0.700 bits per heavy atom. The molecule has 0 saturated carbocycles. The van der Waals surface area contributed by atoms with Crippen molar-refractivity contribution in [3.05, 3.63) is 59.7 Å². The van der Waals surface area contributed by atoms with Gasteiger partial charge in [-0.1, -0.05) is 166 Å². The van der Waals surface area contributed by atoms with Crippen LogP contribution in [0.1, 0.15) is 154 Å². The van der Waals surface area contributed by atoms with Crippen LogP contribution >= 0.6 is 0 Å². The average Bonchev–Trinajstić information content (AvgIpc) is 3.13. The highest BCUT2D eigenvalue weighted by Crippen LogP contribution is 2.21. The van der Waals surface area contributed by atoms with Crippen LogP contribution in [0.2, 0.25) is 0 Å². The summed E-state index contributed by atoms with van der Waals surface area (Å²) in [5.41, 5.74) is 4.17. The first-order valence-electron chi connectivity index (χ1n) is 20.4. The first-order valence-corrected chi connectivity index (χ1v) is 20.4. The van der Waals surface area contributed by atoms with Crippen molar-refractivity contribution in [2.45, 2.75) is 156 Å². The van der Waals surface area contributed by atoms with Crippen molar-refractivity contribution in [3.63, 3.8) is 0 Å². The Kier molecular flexibility index (Phi) is 25.2. The van der Waals surface area contributed by atoms with Gasteiger partial charge in [0.25, 0.3) is 0 Å². The van der Waals surface area contributed by atoms with Gasteiger partial charge in [-0.2, -0.15) is 0 Å². The van der Waals surface area contributed by atoms with E-state index in [2.05, 4.69) is 61.8 Å². The van der Waals surface area contributed by atoms with Gasteiger partial charge >= 0.3 is 11.9 Å². The molecule has 0 fully saturated rings. The van der Waals surface area contributed by atoms with Crippen LogP contribution in [0.5, 0.6) is 0 Å². The van der Waals surface area contributed by atoms with Gasteiger partial charge in [-0.15, -0.1) is 0 Å². The number of nitrogens with zero attached hydrogens (tertiary/aromatic N) is 2. The zero-order valence-corrected chi connectivity index (χ0v) is 32.5. The van der Waals surface area contributed by atoms with Crippen LogP contribution in [0.4, 0.5) is 0 Å². The van der Waals surface area contributed by atoms with Crippen LogP contribution < -0.4 is 0 Å². The van der Waals surface area contributed by atoms with E-state index in [0.717, 1.165) is 74.1 Å². The zero-order chi connectivity index (χ0) is 36.1. The summed E-state index contributed by atoms with van der Waals surface area (Å²) in [5, 5.41) is 0. The van der Waals surface area contributed by atoms with Crippen molar-refractivity contribution in [2.75, 3.05) is 39.3 Å². The summed E-state index contributed by atoms with van der Waals surface area (Å²) in [4.78, 5) is 30.0. The van der Waals surface area contributed by atoms with E-state index in [9.17, 15) is 9.59 Å². The van der Waals surface area contributed by atoms with Crippen molar-refractivity contribution in [2.24, 2.45) is 0 Å². The molecule has 2 aromatic carbocycles. The van der Waals surface area contributed by atoms with Crippen LogP contribution in [0, 0.1) is 0 Å². The smallest absolute Gasteiger partial charge is 0.320 e. The second kappa shape index (κ2) is 28.9. The Hall–Kier alpha value is -2.70. The molecule has 0 saturated heterocycles. The molecule has 50 heavy (non-hydrogen) atoms. The molecule has 0 aliphatic rings. The minimum atomic E-state index is -0.144. The van der Waals surface area contributed by atoms with Gasteiger partial charge in [0.05, 0.1) is 13.1 Å². The highest BCUT2D eigenvalue weighted by atomic mass is 16.5. The summed E-state index contributed by atoms with van der Waals surface area (Å²) in [6.07, 6.45) is 22.1. The molecule has 6 heteroatoms. The number of hydrogen-bond donors (Lipinski definition) is 0. The molecule has 2 rings (SSSR count). The fourth-order valence-electron chi connectivity index (χ4n) is 6.31. The number of rotatable bonds is 31. The first kappa shape index (κ1) is 43.5. The number of unbranched alkanes of at least 4 members (excludes halogenated alkanes) is 14. The third-order valence-corrected chi connectivity index (χ3v) is 9.56. The van der Waals surface area contributed by atoms with Gasteiger partial charge in [0.15, 0.2) is 0 Å². The second-order valence-corrected chi connectivity index (χ2v) is 14.2. The van der Waals surface area contributed by atoms with Gasteiger partial charge in [-0.3, -0.25) is 19.4 Å². The van der Waals surface area contributed by atoms with E-state index in [4.69, 9.17) is 9.47 Å². The van der Waals surface area contributed by atoms with Gasteiger partial charge in [-0.25, -0.2) is 0 Å². The van der Waals surface area contributed by atoms with E-state index < -0.39 is 0 Å². The van der Waals surface area contributed by atoms with Gasteiger partial charge in [-0.05, 0) is 74.1 Å². The Labute approximate surface area is 306 Å². The quantitative estimate of drug-likeness (QED) is 0.0579. The molecule has 0 aromatic heterocycles. The van der Waals surface area contributed by atoms with Crippen LogP contribution in [-0.2, 0) is 32.3 Å². The normalized spacial score (nSPS) is 11.4. The molecular formula is C44H72N2O4. The van der Waals surface area contributed by atoms with E-state index in [0.29, 0.717) is 13.1 Å². The number of benzene rings is 2. The maximum atomic E-state index is 12.7. The average molecular weight is 693 g/mol. The van der Waals surface area contributed by atoms with Crippen LogP contribution in [0.15, 0.2) is 48.5 Å². The molecule has 0 amide bonds. The summed E-state index contributed by atoms with van der Waals surface area (Å²) < 4.78 is 11.4. The maximum Gasteiger partial charge on any atom is 0.320 e. The zero-order valence-electron chi connectivity index (χ0n) is 32.5. The fraction of sp³-hybridized carbons (Fsp3) is 0.682. The molecular weight excluding hydrogens is 620 g/mol. The van der Waals surface area contributed by atoms with Gasteiger partial charge < -0.3 is 9.47 Å². The number of ether oxygens (including phenoxy) is 2. The monoisotopic (exact) mass is 693 g/mol. The lowest BCUT2D eigenvalue weighted by Crippen LogP contribution is -2.32. The Bertz CT molecular complexity index is 1030. The molecule has 2 aromatic rings. The van der Waals surface area contributed by atoms with Crippen molar-refractivity contribution in [1.82, 2.24) is 9.80 Å². The molecule has 0 heterocycles. The highest BCUT2D eigenvalue weighted by molar-refractivity contribution is 5.72. The SMILES string of the molecule is CCCCCCCCN(CCCCC)CC(=O)OCc1ccc(-c2ccc(COC(=O)CN(CCCCC)CCCCCCCC)cc2)cc1. The van der Waals surface area contributed by atoms with Gasteiger partial charge in [0.2, 0.25) is 0 Å². The molecule has 6 nitrogen and oxygen atoms in total. The number of esters is 2. The molecule has 0 atom stereocenters. The lowest BCUT2D eigenvalue weighted by atomic mass is 10.0. The minimum absolute atomic E-state index is 0.144. The van der Waals surface area contributed by atoms with Gasteiger partial charge in [0.1, 0.15) is 13.2 Å². The van der Waals surface area contributed by atoms with E-state index in [1.165, 1.54) is 89.9 Å². The number of carbonyl (C=O) groups excluding carboxylic acids is 2. The van der Waals surface area contributed by atoms with Crippen molar-refractivity contribution in [1.29, 1.82) is 0 Å². The maximum absolute atomic E-state index is 12.7. The molecule has 0 radical (unpaired) electrons. The summed E-state index contributed by atoms with van der Waals surface area (Å²) in [7, 11) is 0. The molecule has 282 valence electrons. The topological polar surface area (TPSA) is 59.1 Å². The fourth-order valence-corrected chi connectivity index (χ4v) is 6.31. The Balaban J connectivity index is 1.78. The third kappa shape index (κ3) is 20.8. The van der Waals surface area contributed by atoms with Crippen LogP contribution in [0.3, 0.4) is 0 Å². The Morgan fingerprint density at radius 1 is 0.420 bits per heavy atom. The third-order valence-electron chi connectivity index (χ3n) is 9.56. The minimum Gasteiger partial charge on any atom is -0.460 e. The summed E-state index contributed by atoms with van der Waals surface area (Å²) in [5.74, 6) is -0.287. The molecule has 0 bridgehead atoms. The van der Waals surface area contributed by atoms with E-state index in [-0.39, 0.29) is 25.2 Å². The largest absolute Gasteiger partial charge is 0.460 e. The first-order chi connectivity index (χ1) is 24.5. The summed E-state index contributed by atoms with van der Waals surface area (Å²) >= 11 is 0. The van der Waals surface area contributed by atoms with Gasteiger partial charge in [0, 0.05) is 0 Å². The standard InChI is InChI=1S/C44H72N2O4/c1-5-9-13-15-17-21-33-45(31-19-11-7-3)35-43(47)49-37-39-23-27-41(28-24-39)42-29-25-40(26-30-42)38-50-44(48)36-46(32-20-12-8-4)34-22-18-16-14-10-6-2/h23-30H,5-22,31-38H2,1-4H3. The number of hydrogen-bond acceptors (Lipinski definition) is 6. The second-order valence-electron chi connectivity index (χ2n) is 14.2. The molecule has 0 aliphatic carbocycles. The predicted octanol–water partition coefficient (Wildman–Crippen LogP) is 11.1. The highest BCUT2D eigenvalue weighted by Gasteiger charge is 2.14. The van der Waals surface area contributed by atoms with Crippen molar-refractivity contribution < 1.29 is 19.1 Å². The molecule has 0 spiro atoms. The lowest BCUT2D eigenvalue weighted by molar-refractivity contribution is -0.147. The summed E-state index contributed by atoms with van der Waals surface area (Å²) in [6, 6.07) is 16.4. The van der Waals surface area contributed by atoms with Crippen molar-refractivity contribution in [3.8, 4) is 11.1 Å². The van der Waals surface area contributed by atoms with Crippen LogP contribution in [-0.4, -0.2) is 61.0 Å². The van der Waals surface area contributed by atoms with Crippen LogP contribution in [0.25, 0.3) is 11.1 Å².